The molecule has 3 rings (SSSR count). The van der Waals surface area contributed by atoms with Crippen molar-refractivity contribution in [3.8, 4) is 0 Å². The monoisotopic (exact) mass is 357 g/mol. The predicted molar refractivity (Wildman–Crippen MR) is 86.2 cm³/mol. The van der Waals surface area contributed by atoms with E-state index in [0.29, 0.717) is 37.9 Å². The summed E-state index contributed by atoms with van der Waals surface area (Å²) in [5.41, 5.74) is 0.152. The first-order valence-corrected chi connectivity index (χ1v) is 8.48. The van der Waals surface area contributed by atoms with Crippen LogP contribution in [-0.2, 0) is 16.0 Å². The minimum Gasteiger partial charge on any atom is -0.390 e. The molecule has 0 radical (unpaired) electrons. The number of nitrogens with zero attached hydrogens (tertiary/aromatic N) is 1. The molecule has 24 heavy (non-hydrogen) atoms. The fourth-order valence-corrected chi connectivity index (χ4v) is 3.64. The van der Waals surface area contributed by atoms with Gasteiger partial charge in [0.25, 0.3) is 0 Å². The number of benzene rings is 1. The number of likely N-dealkylation sites (tertiary alicyclic amines) is 1. The SMILES string of the molecule is O=C(Cc1ccc(F)cc1Cl)N1CCC2(CC1)C[C@@H](O)[C@@H](O)CO2. The quantitative estimate of drug-likeness (QED) is 0.842. The third kappa shape index (κ3) is 3.72. The highest BCUT2D eigenvalue weighted by molar-refractivity contribution is 6.31. The molecule has 2 N–H and O–H groups in total. The lowest BCUT2D eigenvalue weighted by Gasteiger charge is -2.46. The van der Waals surface area contributed by atoms with E-state index in [9.17, 15) is 19.4 Å². The van der Waals surface area contributed by atoms with Crippen molar-refractivity contribution < 1.29 is 24.1 Å². The Balaban J connectivity index is 1.57. The average molecular weight is 358 g/mol. The number of amides is 1. The lowest BCUT2D eigenvalue weighted by Crippen LogP contribution is -2.55. The number of piperidine rings is 1. The zero-order valence-corrected chi connectivity index (χ0v) is 14.0. The van der Waals surface area contributed by atoms with Crippen molar-refractivity contribution in [3.63, 3.8) is 0 Å². The van der Waals surface area contributed by atoms with Crippen LogP contribution in [0, 0.1) is 5.82 Å². The molecule has 5 nitrogen and oxygen atoms in total. The Morgan fingerprint density at radius 1 is 1.33 bits per heavy atom. The number of hydrogen-bond acceptors (Lipinski definition) is 4. The van der Waals surface area contributed by atoms with Gasteiger partial charge in [-0.3, -0.25) is 4.79 Å². The van der Waals surface area contributed by atoms with Gasteiger partial charge in [0.05, 0.1) is 24.7 Å². The maximum Gasteiger partial charge on any atom is 0.227 e. The molecule has 1 aromatic rings. The number of halogens is 2. The zero-order chi connectivity index (χ0) is 17.3. The first-order valence-electron chi connectivity index (χ1n) is 8.10. The van der Waals surface area contributed by atoms with E-state index in [1.807, 2.05) is 0 Å². The van der Waals surface area contributed by atoms with Crippen molar-refractivity contribution in [2.24, 2.45) is 0 Å². The van der Waals surface area contributed by atoms with Crippen molar-refractivity contribution in [1.29, 1.82) is 0 Å². The molecule has 0 saturated carbocycles. The Morgan fingerprint density at radius 2 is 2.04 bits per heavy atom. The highest BCUT2D eigenvalue weighted by Crippen LogP contribution is 2.35. The minimum atomic E-state index is -0.837. The minimum absolute atomic E-state index is 0.0604. The van der Waals surface area contributed by atoms with Crippen LogP contribution in [0.4, 0.5) is 4.39 Å². The Labute approximate surface area is 145 Å². The van der Waals surface area contributed by atoms with E-state index < -0.39 is 23.6 Å². The maximum atomic E-state index is 13.1. The van der Waals surface area contributed by atoms with Gasteiger partial charge in [0.2, 0.25) is 5.91 Å². The number of hydrogen-bond donors (Lipinski definition) is 2. The van der Waals surface area contributed by atoms with Gasteiger partial charge in [-0.1, -0.05) is 17.7 Å². The van der Waals surface area contributed by atoms with Crippen LogP contribution in [-0.4, -0.2) is 58.5 Å². The molecule has 0 bridgehead atoms. The van der Waals surface area contributed by atoms with Gasteiger partial charge < -0.3 is 19.8 Å². The fraction of sp³-hybridized carbons (Fsp3) is 0.588. The molecule has 2 saturated heterocycles. The van der Waals surface area contributed by atoms with Crippen LogP contribution in [0.15, 0.2) is 18.2 Å². The lowest BCUT2D eigenvalue weighted by molar-refractivity contribution is -0.188. The Morgan fingerprint density at radius 3 is 2.67 bits per heavy atom. The van der Waals surface area contributed by atoms with E-state index in [1.165, 1.54) is 18.2 Å². The second kappa shape index (κ2) is 6.96. The molecule has 1 spiro atoms. The number of rotatable bonds is 2. The van der Waals surface area contributed by atoms with Gasteiger partial charge >= 0.3 is 0 Å². The number of ether oxygens (including phenoxy) is 1. The molecule has 2 aliphatic rings. The van der Waals surface area contributed by atoms with Crippen LogP contribution >= 0.6 is 11.6 Å². The smallest absolute Gasteiger partial charge is 0.227 e. The summed E-state index contributed by atoms with van der Waals surface area (Å²) in [6.07, 6.45) is 0.156. The topological polar surface area (TPSA) is 70.0 Å². The molecule has 2 aliphatic heterocycles. The summed E-state index contributed by atoms with van der Waals surface area (Å²) in [7, 11) is 0. The van der Waals surface area contributed by atoms with Crippen molar-refractivity contribution in [2.75, 3.05) is 19.7 Å². The molecule has 2 fully saturated rings. The summed E-state index contributed by atoms with van der Waals surface area (Å²) in [6.45, 7) is 1.18. The van der Waals surface area contributed by atoms with Crippen LogP contribution in [0.3, 0.4) is 0 Å². The summed E-state index contributed by atoms with van der Waals surface area (Å²) in [5.74, 6) is -0.485. The predicted octanol–water partition coefficient (Wildman–Crippen LogP) is 1.52. The number of aliphatic hydroxyl groups excluding tert-OH is 2. The van der Waals surface area contributed by atoms with Crippen LogP contribution in [0.5, 0.6) is 0 Å². The van der Waals surface area contributed by atoms with E-state index in [-0.39, 0.29) is 24.0 Å². The van der Waals surface area contributed by atoms with Crippen molar-refractivity contribution >= 4 is 17.5 Å². The molecule has 2 heterocycles. The molecule has 1 aromatic carbocycles. The summed E-state index contributed by atoms with van der Waals surface area (Å²) >= 11 is 5.98. The summed E-state index contributed by atoms with van der Waals surface area (Å²) in [5, 5.41) is 19.7. The molecular weight excluding hydrogens is 337 g/mol. The van der Waals surface area contributed by atoms with E-state index >= 15 is 0 Å². The van der Waals surface area contributed by atoms with Crippen LogP contribution in [0.1, 0.15) is 24.8 Å². The van der Waals surface area contributed by atoms with Gasteiger partial charge in [0, 0.05) is 24.5 Å². The first kappa shape index (κ1) is 17.6. The van der Waals surface area contributed by atoms with Gasteiger partial charge in [-0.05, 0) is 30.5 Å². The van der Waals surface area contributed by atoms with Crippen LogP contribution < -0.4 is 0 Å². The molecule has 0 aromatic heterocycles. The van der Waals surface area contributed by atoms with Gasteiger partial charge in [0.15, 0.2) is 0 Å². The van der Waals surface area contributed by atoms with E-state index in [4.69, 9.17) is 16.3 Å². The number of carbonyl (C=O) groups excluding carboxylic acids is 1. The molecular formula is C17H21ClFNO4. The largest absolute Gasteiger partial charge is 0.390 e. The highest BCUT2D eigenvalue weighted by Gasteiger charge is 2.43. The molecule has 0 unspecified atom stereocenters. The van der Waals surface area contributed by atoms with Crippen molar-refractivity contribution in [1.82, 2.24) is 4.90 Å². The van der Waals surface area contributed by atoms with Gasteiger partial charge in [-0.2, -0.15) is 0 Å². The van der Waals surface area contributed by atoms with Gasteiger partial charge in [-0.25, -0.2) is 4.39 Å². The second-order valence-electron chi connectivity index (χ2n) is 6.63. The van der Waals surface area contributed by atoms with Gasteiger partial charge in [0.1, 0.15) is 11.9 Å². The maximum absolute atomic E-state index is 13.1. The third-order valence-corrected chi connectivity index (χ3v) is 5.32. The average Bonchev–Trinajstić information content (AvgIpc) is 2.55. The van der Waals surface area contributed by atoms with E-state index in [2.05, 4.69) is 0 Å². The normalized spacial score (nSPS) is 26.6. The zero-order valence-electron chi connectivity index (χ0n) is 13.3. The molecule has 132 valence electrons. The number of aliphatic hydroxyl groups is 2. The van der Waals surface area contributed by atoms with Gasteiger partial charge in [-0.15, -0.1) is 0 Å². The summed E-state index contributed by atoms with van der Waals surface area (Å²) < 4.78 is 18.8. The number of carbonyl (C=O) groups is 1. The summed E-state index contributed by atoms with van der Waals surface area (Å²) in [6, 6.07) is 4.03. The lowest BCUT2D eigenvalue weighted by atomic mass is 9.82. The fourth-order valence-electron chi connectivity index (χ4n) is 3.40. The second-order valence-corrected chi connectivity index (χ2v) is 7.03. The Hall–Kier alpha value is -1.21. The summed E-state index contributed by atoms with van der Waals surface area (Å²) in [4.78, 5) is 14.2. The van der Waals surface area contributed by atoms with Crippen molar-refractivity contribution in [3.05, 3.63) is 34.6 Å². The van der Waals surface area contributed by atoms with Crippen LogP contribution in [0.2, 0.25) is 5.02 Å². The van der Waals surface area contributed by atoms with E-state index in [0.717, 1.165) is 0 Å². The first-order chi connectivity index (χ1) is 11.4. The molecule has 2 atom stereocenters. The molecule has 7 heteroatoms. The molecule has 0 aliphatic carbocycles. The van der Waals surface area contributed by atoms with E-state index in [1.54, 1.807) is 4.90 Å². The molecule has 1 amide bonds. The Bertz CT molecular complexity index is 619. The van der Waals surface area contributed by atoms with Crippen molar-refractivity contribution in [2.45, 2.75) is 43.5 Å². The highest BCUT2D eigenvalue weighted by atomic mass is 35.5. The van der Waals surface area contributed by atoms with Crippen LogP contribution in [0.25, 0.3) is 0 Å². The third-order valence-electron chi connectivity index (χ3n) is 4.97. The Kier molecular flexibility index (Phi) is 5.11. The standard InChI is InChI=1S/C17H21ClFNO4/c18-13-8-12(19)2-1-11(13)7-16(23)20-5-3-17(4-6-20)9-14(21)15(22)10-24-17/h1-2,8,14-15,21-22H,3-7,9-10H2/t14-,15+/m1/s1.